The Morgan fingerprint density at radius 2 is 0.415 bits per heavy atom. The molecule has 0 N–H and O–H groups in total. The molecule has 0 unspecified atom stereocenters. The van der Waals surface area contributed by atoms with Crippen LogP contribution >= 0.6 is 0 Å². The zero-order valence-electron chi connectivity index (χ0n) is 25.9. The van der Waals surface area contributed by atoms with Crippen LogP contribution in [-0.4, -0.2) is 24.7 Å². The minimum absolute atomic E-state index is 0.108. The van der Waals surface area contributed by atoms with E-state index < -0.39 is 75.0 Å². The van der Waals surface area contributed by atoms with Gasteiger partial charge in [0.25, 0.3) is 0 Å². The van der Waals surface area contributed by atoms with Gasteiger partial charge in [0.1, 0.15) is 0 Å². The molecule has 4 aromatic rings. The summed E-state index contributed by atoms with van der Waals surface area (Å²) < 4.78 is 167. The molecule has 0 amide bonds. The van der Waals surface area contributed by atoms with Gasteiger partial charge in [0.2, 0.25) is 0 Å². The third kappa shape index (κ3) is 4.79. The molecule has 0 saturated carbocycles. The van der Waals surface area contributed by atoms with Crippen molar-refractivity contribution in [1.82, 2.24) is 0 Å². The van der Waals surface area contributed by atoms with Crippen LogP contribution in [0, 0.1) is 0 Å². The molecule has 4 aromatic carbocycles. The van der Waals surface area contributed by atoms with Crippen molar-refractivity contribution in [3.63, 3.8) is 0 Å². The number of rotatable bonds is 8. The van der Waals surface area contributed by atoms with Crippen LogP contribution in [0.5, 0.6) is 0 Å². The highest BCUT2D eigenvalue weighted by atomic mass is 19.4. The number of hydrogen-bond acceptors (Lipinski definition) is 8. The van der Waals surface area contributed by atoms with Gasteiger partial charge in [-0.1, -0.05) is 97.1 Å². The SMILES string of the molecule is FC(F)(F)C1(c2ccc(C(c3ccc(C4(C(F)(F)F)N=N4)cc3)(c3ccc(C4(C(F)(F)F)N=N4)cc3)c3ccc(C4(C(F)(F)F)N=N4)cc3)cc2)N=N1. The van der Waals surface area contributed by atoms with E-state index in [-0.39, 0.29) is 22.3 Å². The van der Waals surface area contributed by atoms with Gasteiger partial charge in [-0.25, -0.2) is 0 Å². The van der Waals surface area contributed by atoms with Crippen molar-refractivity contribution in [3.8, 4) is 0 Å². The predicted molar refractivity (Wildman–Crippen MR) is 155 cm³/mol. The van der Waals surface area contributed by atoms with E-state index in [4.69, 9.17) is 0 Å². The summed E-state index contributed by atoms with van der Waals surface area (Å²) in [6.45, 7) is 0. The van der Waals surface area contributed by atoms with Gasteiger partial charge in [0, 0.05) is 22.3 Å². The first kappa shape index (κ1) is 34.5. The van der Waals surface area contributed by atoms with Crippen molar-refractivity contribution in [2.75, 3.05) is 0 Å². The van der Waals surface area contributed by atoms with Gasteiger partial charge in [-0.15, -0.1) is 40.9 Å². The van der Waals surface area contributed by atoms with Crippen molar-refractivity contribution in [2.45, 2.75) is 52.8 Å². The largest absolute Gasteiger partial charge is 0.442 e. The lowest BCUT2D eigenvalue weighted by molar-refractivity contribution is -0.166. The summed E-state index contributed by atoms with van der Waals surface area (Å²) >= 11 is 0. The maximum absolute atomic E-state index is 13.9. The first-order chi connectivity index (χ1) is 24.7. The first-order valence-corrected chi connectivity index (χ1v) is 15.1. The maximum atomic E-state index is 13.9. The lowest BCUT2D eigenvalue weighted by Crippen LogP contribution is -2.34. The molecule has 20 heteroatoms. The molecular weight excluding hydrogens is 736 g/mol. The average Bonchev–Trinajstić information content (AvgIpc) is 3.91. The Bertz CT molecular complexity index is 1890. The van der Waals surface area contributed by atoms with Gasteiger partial charge < -0.3 is 0 Å². The summed E-state index contributed by atoms with van der Waals surface area (Å²) in [4.78, 5) is 0. The van der Waals surface area contributed by atoms with E-state index >= 15 is 0 Å². The molecule has 0 aromatic heterocycles. The molecule has 53 heavy (non-hydrogen) atoms. The Labute approximate surface area is 288 Å². The van der Waals surface area contributed by atoms with Crippen molar-refractivity contribution in [2.24, 2.45) is 40.9 Å². The van der Waals surface area contributed by atoms with Crippen LogP contribution in [0.4, 0.5) is 52.7 Å². The fraction of sp³-hybridized carbons (Fsp3) is 0.273. The third-order valence-corrected chi connectivity index (χ3v) is 9.66. The van der Waals surface area contributed by atoms with Crippen LogP contribution in [0.1, 0.15) is 44.5 Å². The molecule has 0 saturated heterocycles. The Morgan fingerprint density at radius 1 is 0.264 bits per heavy atom. The van der Waals surface area contributed by atoms with Crippen LogP contribution in [0.15, 0.2) is 138 Å². The number of benzene rings is 4. The summed E-state index contributed by atoms with van der Waals surface area (Å²) in [5, 5.41) is 25.5. The van der Waals surface area contributed by atoms with E-state index in [1.807, 2.05) is 0 Å². The number of alkyl halides is 12. The number of halogens is 12. The van der Waals surface area contributed by atoms with Gasteiger partial charge in [-0.3, -0.25) is 0 Å². The highest BCUT2D eigenvalue weighted by Gasteiger charge is 2.68. The van der Waals surface area contributed by atoms with E-state index in [9.17, 15) is 52.7 Å². The lowest BCUT2D eigenvalue weighted by atomic mass is 9.64. The van der Waals surface area contributed by atoms with Gasteiger partial charge >= 0.3 is 47.4 Å². The molecule has 4 heterocycles. The molecule has 0 fully saturated rings. The lowest BCUT2D eigenvalue weighted by Gasteiger charge is -2.37. The summed E-state index contributed by atoms with van der Waals surface area (Å²) in [5.41, 5.74) is -14.4. The molecule has 8 nitrogen and oxygen atoms in total. The standard InChI is InChI=1S/C33H16F12N8/c34-30(35,36)26(46-47-26)21-9-1-17(2-10-21)25(18-3-11-22(12-4-18)27(48-49-27)31(37,38)39,19-5-13-23(14-6-19)28(50-51-28)32(40,41)42)20-7-15-24(16-8-20)29(52-53-29)33(43,44)45/h1-16H. The van der Waals surface area contributed by atoms with Crippen LogP contribution in [0.2, 0.25) is 0 Å². The zero-order valence-corrected chi connectivity index (χ0v) is 25.9. The van der Waals surface area contributed by atoms with E-state index in [1.165, 1.54) is 48.5 Å². The predicted octanol–water partition coefficient (Wildman–Crippen LogP) is 10.8. The van der Waals surface area contributed by atoms with E-state index in [1.54, 1.807) is 0 Å². The molecule has 4 aliphatic rings. The van der Waals surface area contributed by atoms with E-state index in [0.29, 0.717) is 0 Å². The molecule has 0 bridgehead atoms. The molecule has 0 atom stereocenters. The topological polar surface area (TPSA) is 98.9 Å². The van der Waals surface area contributed by atoms with Crippen LogP contribution < -0.4 is 0 Å². The minimum Gasteiger partial charge on any atom is -0.166 e. The Hall–Kier alpha value is -5.56. The molecule has 8 rings (SSSR count). The second-order valence-electron chi connectivity index (χ2n) is 12.5. The second kappa shape index (κ2) is 10.3. The molecule has 0 radical (unpaired) electrons. The highest BCUT2D eigenvalue weighted by Crippen LogP contribution is 2.57. The van der Waals surface area contributed by atoms with Crippen molar-refractivity contribution in [3.05, 3.63) is 142 Å². The fourth-order valence-corrected chi connectivity index (χ4v) is 6.58. The molecule has 0 aliphatic carbocycles. The smallest absolute Gasteiger partial charge is 0.166 e. The van der Waals surface area contributed by atoms with Crippen LogP contribution in [-0.2, 0) is 28.1 Å². The molecule has 272 valence electrons. The number of nitrogens with zero attached hydrogens (tertiary/aromatic N) is 8. The summed E-state index contributed by atoms with van der Waals surface area (Å²) in [7, 11) is 0. The van der Waals surface area contributed by atoms with E-state index in [0.717, 1.165) is 48.5 Å². The molecular formula is C33H16F12N8. The van der Waals surface area contributed by atoms with Crippen molar-refractivity contribution >= 4 is 0 Å². The quantitative estimate of drug-likeness (QED) is 0.126. The minimum atomic E-state index is -4.92. The van der Waals surface area contributed by atoms with Crippen molar-refractivity contribution < 1.29 is 52.7 Å². The average molecular weight is 753 g/mol. The first-order valence-electron chi connectivity index (χ1n) is 15.1. The van der Waals surface area contributed by atoms with Crippen LogP contribution in [0.3, 0.4) is 0 Å². The highest BCUT2D eigenvalue weighted by molar-refractivity contribution is 5.62. The Morgan fingerprint density at radius 3 is 0.528 bits per heavy atom. The van der Waals surface area contributed by atoms with Gasteiger partial charge in [-0.05, 0) is 22.3 Å². The second-order valence-corrected chi connectivity index (χ2v) is 12.5. The van der Waals surface area contributed by atoms with Gasteiger partial charge in [0.05, 0.1) is 5.41 Å². The Balaban J connectivity index is 1.34. The Kier molecular flexibility index (Phi) is 6.72. The summed E-state index contributed by atoms with van der Waals surface area (Å²) in [6.07, 6.45) is -19.7. The molecule has 4 aliphatic heterocycles. The fourth-order valence-electron chi connectivity index (χ4n) is 6.58. The normalized spacial score (nSPS) is 20.0. The van der Waals surface area contributed by atoms with Crippen molar-refractivity contribution in [1.29, 1.82) is 0 Å². The third-order valence-electron chi connectivity index (χ3n) is 9.66. The maximum Gasteiger partial charge on any atom is 0.442 e. The monoisotopic (exact) mass is 752 g/mol. The zero-order chi connectivity index (χ0) is 38.1. The van der Waals surface area contributed by atoms with E-state index in [2.05, 4.69) is 40.9 Å². The molecule has 0 spiro atoms. The van der Waals surface area contributed by atoms with Gasteiger partial charge in [0.15, 0.2) is 0 Å². The van der Waals surface area contributed by atoms with Crippen LogP contribution in [0.25, 0.3) is 0 Å². The summed E-state index contributed by atoms with van der Waals surface area (Å²) in [5.74, 6) is 0. The summed E-state index contributed by atoms with van der Waals surface area (Å²) in [6, 6.07) is 18.3. The van der Waals surface area contributed by atoms with Gasteiger partial charge in [-0.2, -0.15) is 52.7 Å². The number of hydrogen-bond donors (Lipinski definition) is 0.